The molecule has 0 spiro atoms. The van der Waals surface area contributed by atoms with Crippen molar-refractivity contribution >= 4 is 34.5 Å². The molecule has 0 bridgehead atoms. The summed E-state index contributed by atoms with van der Waals surface area (Å²) in [5.74, 6) is -1.32. The van der Waals surface area contributed by atoms with Crippen LogP contribution in [0.25, 0.3) is 0 Å². The van der Waals surface area contributed by atoms with Gasteiger partial charge in [-0.25, -0.2) is 14.2 Å². The van der Waals surface area contributed by atoms with Crippen LogP contribution in [0.15, 0.2) is 40.2 Å². The molecule has 0 aromatic heterocycles. The van der Waals surface area contributed by atoms with Crippen molar-refractivity contribution < 1.29 is 18.7 Å². The lowest BCUT2D eigenvalue weighted by Crippen LogP contribution is -2.28. The topological polar surface area (TPSA) is 59.0 Å². The van der Waals surface area contributed by atoms with E-state index in [9.17, 15) is 14.0 Å². The molecule has 0 saturated carbocycles. The third-order valence-corrected chi connectivity index (χ3v) is 3.69. The van der Waals surface area contributed by atoms with Crippen molar-refractivity contribution in [1.29, 1.82) is 0 Å². The maximum atomic E-state index is 13.2. The molecule has 1 aromatic carbocycles. The van der Waals surface area contributed by atoms with Crippen LogP contribution in [0.5, 0.6) is 0 Å². The van der Waals surface area contributed by atoms with Crippen LogP contribution in [0.1, 0.15) is 6.92 Å². The molecule has 7 heteroatoms. The number of ether oxygens (including phenoxy) is 1. The Morgan fingerprint density at radius 3 is 2.90 bits per heavy atom. The van der Waals surface area contributed by atoms with Gasteiger partial charge in [-0.15, -0.1) is 0 Å². The smallest absolute Gasteiger partial charge is 0.331 e. The molecule has 2 rings (SSSR count). The Bertz CT molecular complexity index is 643. The predicted octanol–water partition coefficient (Wildman–Crippen LogP) is 2.47. The highest BCUT2D eigenvalue weighted by atomic mass is 32.2. The van der Waals surface area contributed by atoms with Crippen molar-refractivity contribution in [2.24, 2.45) is 4.99 Å². The Morgan fingerprint density at radius 1 is 1.52 bits per heavy atom. The van der Waals surface area contributed by atoms with Crippen LogP contribution < -0.4 is 0 Å². The molecule has 0 N–H and O–H groups in total. The van der Waals surface area contributed by atoms with Crippen molar-refractivity contribution in [3.63, 3.8) is 0 Å². The lowest BCUT2D eigenvalue weighted by Gasteiger charge is -2.11. The van der Waals surface area contributed by atoms with Crippen LogP contribution in [-0.2, 0) is 14.3 Å². The number of amides is 1. The fraction of sp³-hybridized carbons (Fsp3) is 0.214. The number of hydrogen-bond donors (Lipinski definition) is 0. The molecule has 21 heavy (non-hydrogen) atoms. The maximum Gasteiger partial charge on any atom is 0.331 e. The van der Waals surface area contributed by atoms with Gasteiger partial charge < -0.3 is 4.74 Å². The maximum absolute atomic E-state index is 13.2. The van der Waals surface area contributed by atoms with Crippen LogP contribution in [0.4, 0.5) is 10.1 Å². The number of thioether (sulfide) groups is 1. The normalized spacial score (nSPS) is 18.6. The minimum Gasteiger partial charge on any atom is -0.466 e. The summed E-state index contributed by atoms with van der Waals surface area (Å²) in [6.45, 7) is 2.19. The molecule has 1 aromatic rings. The Morgan fingerprint density at radius 2 is 2.29 bits per heavy atom. The summed E-state index contributed by atoms with van der Waals surface area (Å²) in [5, 5.41) is 0.406. The number of nitrogens with zero attached hydrogens (tertiary/aromatic N) is 2. The first-order chi connectivity index (χ1) is 10.0. The summed E-state index contributed by atoms with van der Waals surface area (Å²) in [5.41, 5.74) is 0.406. The Balaban J connectivity index is 2.33. The number of halogens is 1. The lowest BCUT2D eigenvalue weighted by atomic mass is 10.3. The van der Waals surface area contributed by atoms with Crippen LogP contribution >= 0.6 is 11.8 Å². The van der Waals surface area contributed by atoms with E-state index in [-0.39, 0.29) is 10.8 Å². The van der Waals surface area contributed by atoms with E-state index >= 15 is 0 Å². The number of rotatable bonds is 3. The third-order valence-electron chi connectivity index (χ3n) is 2.69. The van der Waals surface area contributed by atoms with E-state index in [1.165, 1.54) is 30.2 Å². The highest BCUT2D eigenvalue weighted by Crippen LogP contribution is 2.32. The van der Waals surface area contributed by atoms with Crippen molar-refractivity contribution in [3.8, 4) is 0 Å². The summed E-state index contributed by atoms with van der Waals surface area (Å²) in [7, 11) is 1.24. The summed E-state index contributed by atoms with van der Waals surface area (Å²) < 4.78 is 17.7. The number of likely N-dealkylation sites (N-methyl/N-ethyl adjacent to an activating group) is 1. The van der Waals surface area contributed by atoms with Gasteiger partial charge in [0.1, 0.15) is 5.82 Å². The molecule has 1 fully saturated rings. The second-order valence-corrected chi connectivity index (χ2v) is 5.07. The van der Waals surface area contributed by atoms with E-state index in [0.29, 0.717) is 17.4 Å². The number of aliphatic imine (C=N–C) groups is 1. The van der Waals surface area contributed by atoms with Gasteiger partial charge in [-0.2, -0.15) is 0 Å². The van der Waals surface area contributed by atoms with Gasteiger partial charge in [-0.1, -0.05) is 6.07 Å². The van der Waals surface area contributed by atoms with Crippen molar-refractivity contribution in [3.05, 3.63) is 41.1 Å². The number of benzene rings is 1. The lowest BCUT2D eigenvalue weighted by molar-refractivity contribution is -0.135. The molecule has 1 heterocycles. The van der Waals surface area contributed by atoms with E-state index < -0.39 is 11.8 Å². The molecule has 5 nitrogen and oxygen atoms in total. The molecule has 1 saturated heterocycles. The van der Waals surface area contributed by atoms with E-state index in [1.54, 1.807) is 13.0 Å². The molecule has 0 aliphatic carbocycles. The summed E-state index contributed by atoms with van der Waals surface area (Å²) in [6.07, 6.45) is 1.13. The molecule has 0 radical (unpaired) electrons. The van der Waals surface area contributed by atoms with Gasteiger partial charge in [0.05, 0.1) is 17.7 Å². The Hall–Kier alpha value is -2.15. The third kappa shape index (κ3) is 3.49. The number of carbonyl (C=O) groups excluding carboxylic acids is 2. The minimum absolute atomic E-state index is 0.235. The molecule has 110 valence electrons. The standard InChI is InChI=1S/C14H13FN2O3S/c1-3-17-13(19)11(8-12(18)20-2)21-14(17)16-10-6-4-5-9(15)7-10/h4-8H,3H2,1-2H3. The van der Waals surface area contributed by atoms with Crippen LogP contribution in [-0.4, -0.2) is 35.6 Å². The van der Waals surface area contributed by atoms with Crippen molar-refractivity contribution in [1.82, 2.24) is 4.90 Å². The number of hydrogen-bond acceptors (Lipinski definition) is 5. The zero-order chi connectivity index (χ0) is 15.4. The van der Waals surface area contributed by atoms with Gasteiger partial charge in [0.15, 0.2) is 5.17 Å². The zero-order valence-corrected chi connectivity index (χ0v) is 12.3. The number of esters is 1. The fourth-order valence-electron chi connectivity index (χ4n) is 1.69. The van der Waals surface area contributed by atoms with Gasteiger partial charge in [0, 0.05) is 12.6 Å². The van der Waals surface area contributed by atoms with E-state index in [2.05, 4.69) is 9.73 Å². The summed E-state index contributed by atoms with van der Waals surface area (Å²) >= 11 is 1.06. The summed E-state index contributed by atoms with van der Waals surface area (Å²) in [4.78, 5) is 29.3. The SMILES string of the molecule is CCN1C(=O)C(=CC(=O)OC)SC1=Nc1cccc(F)c1. The van der Waals surface area contributed by atoms with E-state index in [4.69, 9.17) is 0 Å². The van der Waals surface area contributed by atoms with Gasteiger partial charge in [-0.3, -0.25) is 9.69 Å². The van der Waals surface area contributed by atoms with Crippen LogP contribution in [0.2, 0.25) is 0 Å². The highest BCUT2D eigenvalue weighted by molar-refractivity contribution is 8.18. The van der Waals surface area contributed by atoms with Crippen LogP contribution in [0.3, 0.4) is 0 Å². The average Bonchev–Trinajstić information content (AvgIpc) is 2.74. The second kappa shape index (κ2) is 6.53. The Kier molecular flexibility index (Phi) is 4.74. The van der Waals surface area contributed by atoms with Crippen molar-refractivity contribution in [2.75, 3.05) is 13.7 Å². The molecule has 0 atom stereocenters. The Labute approximate surface area is 125 Å². The average molecular weight is 308 g/mol. The first-order valence-corrected chi connectivity index (χ1v) is 7.00. The quantitative estimate of drug-likeness (QED) is 0.636. The van der Waals surface area contributed by atoms with Crippen molar-refractivity contribution in [2.45, 2.75) is 6.92 Å². The molecule has 1 amide bonds. The molecule has 1 aliphatic heterocycles. The number of carbonyl (C=O) groups is 2. The second-order valence-electron chi connectivity index (χ2n) is 4.06. The van der Waals surface area contributed by atoms with Gasteiger partial charge in [0.2, 0.25) is 0 Å². The number of amidine groups is 1. The molecule has 0 unspecified atom stereocenters. The highest BCUT2D eigenvalue weighted by Gasteiger charge is 2.32. The number of methoxy groups -OCH3 is 1. The van der Waals surface area contributed by atoms with E-state index in [1.807, 2.05) is 0 Å². The monoisotopic (exact) mass is 308 g/mol. The summed E-state index contributed by atoms with van der Waals surface area (Å²) in [6, 6.07) is 5.76. The van der Waals surface area contributed by atoms with Gasteiger partial charge in [-0.05, 0) is 36.9 Å². The minimum atomic E-state index is -0.603. The zero-order valence-electron chi connectivity index (χ0n) is 11.5. The molecular weight excluding hydrogens is 295 g/mol. The first kappa shape index (κ1) is 15.2. The van der Waals surface area contributed by atoms with E-state index in [0.717, 1.165) is 17.8 Å². The predicted molar refractivity (Wildman–Crippen MR) is 78.6 cm³/mol. The molecule has 1 aliphatic rings. The fourth-order valence-corrected chi connectivity index (χ4v) is 2.71. The molecular formula is C14H13FN2O3S. The van der Waals surface area contributed by atoms with Gasteiger partial charge >= 0.3 is 5.97 Å². The largest absolute Gasteiger partial charge is 0.466 e. The van der Waals surface area contributed by atoms with Crippen LogP contribution in [0, 0.1) is 5.82 Å². The van der Waals surface area contributed by atoms with Gasteiger partial charge in [0.25, 0.3) is 5.91 Å². The first-order valence-electron chi connectivity index (χ1n) is 6.18.